The molecule has 0 atom stereocenters. The molecule has 1 aromatic heterocycles. The molecule has 1 aliphatic rings. The molecule has 0 aromatic carbocycles. The molecule has 0 amide bonds. The second-order valence-electron chi connectivity index (χ2n) is 3.71. The molecule has 0 radical (unpaired) electrons. The minimum Gasteiger partial charge on any atom is -0.338 e. The average molecular weight is 235 g/mol. The fraction of sp³-hybridized carbons (Fsp3) is 0.500. The second-order valence-corrected chi connectivity index (χ2v) is 3.71. The van der Waals surface area contributed by atoms with Crippen LogP contribution in [0.25, 0.3) is 0 Å². The highest BCUT2D eigenvalue weighted by molar-refractivity contribution is 5.79. The van der Waals surface area contributed by atoms with Crippen LogP contribution in [0.3, 0.4) is 0 Å². The number of guanidine groups is 1. The number of rotatable bonds is 1. The molecule has 0 saturated carbocycles. The molecule has 0 spiro atoms. The van der Waals surface area contributed by atoms with Crippen molar-refractivity contribution in [3.8, 4) is 0 Å². The van der Waals surface area contributed by atoms with Crippen molar-refractivity contribution in [2.24, 2.45) is 10.8 Å². The molecule has 2 heterocycles. The average Bonchev–Trinajstić information content (AvgIpc) is 2.42. The largest absolute Gasteiger partial charge is 0.338 e. The van der Waals surface area contributed by atoms with Crippen molar-refractivity contribution in [3.05, 3.63) is 18.5 Å². The van der Waals surface area contributed by atoms with E-state index in [1.165, 1.54) is 0 Å². The summed E-state index contributed by atoms with van der Waals surface area (Å²) in [6.07, 6.45) is 3.52. The summed E-state index contributed by atoms with van der Waals surface area (Å²) < 4.78 is 0. The number of piperazine rings is 1. The number of hydrogen-bond acceptors (Lipinski definition) is 5. The summed E-state index contributed by atoms with van der Waals surface area (Å²) >= 11 is 0. The molecule has 3 N–H and O–H groups in total. The van der Waals surface area contributed by atoms with E-state index in [-0.39, 0.29) is 0 Å². The van der Waals surface area contributed by atoms with Crippen LogP contribution in [0.5, 0.6) is 0 Å². The molecule has 1 aromatic rings. The standard InChI is InChI=1S/C10H17N7/c1-12-9(15-11)16-5-7-17(8-6-16)10-13-3-2-4-14-10/h2-4H,5-8,11H2,1H3,(H,12,15). The maximum absolute atomic E-state index is 5.40. The Bertz CT molecular complexity index is 370. The lowest BCUT2D eigenvalue weighted by Gasteiger charge is -2.35. The Morgan fingerprint density at radius 1 is 1.29 bits per heavy atom. The van der Waals surface area contributed by atoms with Gasteiger partial charge in [0.05, 0.1) is 0 Å². The third-order valence-electron chi connectivity index (χ3n) is 2.76. The van der Waals surface area contributed by atoms with E-state index in [0.717, 1.165) is 38.1 Å². The first-order chi connectivity index (χ1) is 8.35. The van der Waals surface area contributed by atoms with Crippen LogP contribution >= 0.6 is 0 Å². The van der Waals surface area contributed by atoms with Gasteiger partial charge in [0.25, 0.3) is 0 Å². The van der Waals surface area contributed by atoms with Crippen LogP contribution in [-0.2, 0) is 0 Å². The SMILES string of the molecule is CN=C(NN)N1CCN(c2ncccn2)CC1. The number of aliphatic imine (C=N–C) groups is 1. The summed E-state index contributed by atoms with van der Waals surface area (Å²) in [4.78, 5) is 16.8. The number of anilines is 1. The summed E-state index contributed by atoms with van der Waals surface area (Å²) in [5.41, 5.74) is 2.60. The van der Waals surface area contributed by atoms with Gasteiger partial charge in [-0.25, -0.2) is 15.8 Å². The Morgan fingerprint density at radius 2 is 1.94 bits per heavy atom. The quantitative estimate of drug-likeness (QED) is 0.282. The molecule has 0 bridgehead atoms. The second kappa shape index (κ2) is 5.44. The number of nitrogens with two attached hydrogens (primary N) is 1. The first kappa shape index (κ1) is 11.6. The Balaban J connectivity index is 1.95. The summed E-state index contributed by atoms with van der Waals surface area (Å²) in [5.74, 6) is 6.90. The van der Waals surface area contributed by atoms with Gasteiger partial charge >= 0.3 is 0 Å². The molecule has 1 saturated heterocycles. The van der Waals surface area contributed by atoms with Gasteiger partial charge in [0, 0.05) is 45.6 Å². The summed E-state index contributed by atoms with van der Waals surface area (Å²) in [7, 11) is 1.72. The third kappa shape index (κ3) is 2.62. The summed E-state index contributed by atoms with van der Waals surface area (Å²) in [5, 5.41) is 0. The Hall–Kier alpha value is -1.89. The summed E-state index contributed by atoms with van der Waals surface area (Å²) in [6.45, 7) is 3.44. The van der Waals surface area contributed by atoms with Gasteiger partial charge in [-0.05, 0) is 6.07 Å². The fourth-order valence-corrected chi connectivity index (χ4v) is 1.87. The smallest absolute Gasteiger partial charge is 0.225 e. The lowest BCUT2D eigenvalue weighted by molar-refractivity contribution is 0.371. The van der Waals surface area contributed by atoms with Gasteiger partial charge in [-0.2, -0.15) is 0 Å². The van der Waals surface area contributed by atoms with Crippen LogP contribution in [-0.4, -0.2) is 54.1 Å². The minimum absolute atomic E-state index is 0.721. The predicted molar refractivity (Wildman–Crippen MR) is 66.5 cm³/mol. The van der Waals surface area contributed by atoms with Gasteiger partial charge in [-0.1, -0.05) is 0 Å². The van der Waals surface area contributed by atoms with E-state index in [1.54, 1.807) is 19.4 Å². The van der Waals surface area contributed by atoms with Gasteiger partial charge in [0.2, 0.25) is 11.9 Å². The highest BCUT2D eigenvalue weighted by Crippen LogP contribution is 2.09. The van der Waals surface area contributed by atoms with Crippen molar-refractivity contribution < 1.29 is 0 Å². The van der Waals surface area contributed by atoms with Gasteiger partial charge in [-0.15, -0.1) is 0 Å². The van der Waals surface area contributed by atoms with Crippen LogP contribution in [0.1, 0.15) is 0 Å². The van der Waals surface area contributed by atoms with Crippen molar-refractivity contribution in [1.29, 1.82) is 0 Å². The number of hydrazine groups is 1. The first-order valence-electron chi connectivity index (χ1n) is 5.55. The lowest BCUT2D eigenvalue weighted by Crippen LogP contribution is -2.54. The van der Waals surface area contributed by atoms with E-state index < -0.39 is 0 Å². The topological polar surface area (TPSA) is 82.7 Å². The molecule has 1 fully saturated rings. The molecule has 17 heavy (non-hydrogen) atoms. The molecule has 7 nitrogen and oxygen atoms in total. The van der Waals surface area contributed by atoms with E-state index in [1.807, 2.05) is 6.07 Å². The van der Waals surface area contributed by atoms with Gasteiger partial charge in [-0.3, -0.25) is 10.4 Å². The Morgan fingerprint density at radius 3 is 2.47 bits per heavy atom. The van der Waals surface area contributed by atoms with E-state index in [2.05, 4.69) is 30.2 Å². The highest BCUT2D eigenvalue weighted by Gasteiger charge is 2.20. The maximum Gasteiger partial charge on any atom is 0.225 e. The van der Waals surface area contributed by atoms with Crippen LogP contribution < -0.4 is 16.2 Å². The zero-order chi connectivity index (χ0) is 12.1. The molecule has 2 rings (SSSR count). The maximum atomic E-state index is 5.40. The molecular weight excluding hydrogens is 218 g/mol. The Labute approximate surface area is 100 Å². The van der Waals surface area contributed by atoms with Crippen molar-refractivity contribution in [1.82, 2.24) is 20.3 Å². The van der Waals surface area contributed by atoms with Crippen LogP contribution in [0.15, 0.2) is 23.5 Å². The lowest BCUT2D eigenvalue weighted by atomic mass is 10.3. The molecule has 1 aliphatic heterocycles. The minimum atomic E-state index is 0.721. The van der Waals surface area contributed by atoms with Gasteiger partial charge < -0.3 is 9.80 Å². The monoisotopic (exact) mass is 235 g/mol. The van der Waals surface area contributed by atoms with Crippen LogP contribution in [0.4, 0.5) is 5.95 Å². The number of hydrogen-bond donors (Lipinski definition) is 2. The van der Waals surface area contributed by atoms with Gasteiger partial charge in [0.15, 0.2) is 0 Å². The predicted octanol–water partition coefficient (Wildman–Crippen LogP) is -0.952. The number of aromatic nitrogens is 2. The number of nitrogens with one attached hydrogen (secondary N) is 1. The van der Waals surface area contributed by atoms with Gasteiger partial charge in [0.1, 0.15) is 0 Å². The zero-order valence-corrected chi connectivity index (χ0v) is 9.87. The molecule has 0 unspecified atom stereocenters. The van der Waals surface area contributed by atoms with Crippen molar-refractivity contribution in [3.63, 3.8) is 0 Å². The fourth-order valence-electron chi connectivity index (χ4n) is 1.87. The van der Waals surface area contributed by atoms with Crippen molar-refractivity contribution in [2.45, 2.75) is 0 Å². The van der Waals surface area contributed by atoms with E-state index in [9.17, 15) is 0 Å². The third-order valence-corrected chi connectivity index (χ3v) is 2.76. The van der Waals surface area contributed by atoms with E-state index >= 15 is 0 Å². The van der Waals surface area contributed by atoms with E-state index in [4.69, 9.17) is 5.84 Å². The normalized spacial score (nSPS) is 17.2. The Kier molecular flexibility index (Phi) is 3.71. The van der Waals surface area contributed by atoms with Crippen LogP contribution in [0.2, 0.25) is 0 Å². The van der Waals surface area contributed by atoms with E-state index in [0.29, 0.717) is 0 Å². The van der Waals surface area contributed by atoms with Crippen molar-refractivity contribution in [2.75, 3.05) is 38.1 Å². The first-order valence-corrected chi connectivity index (χ1v) is 5.55. The molecule has 7 heteroatoms. The van der Waals surface area contributed by atoms with Crippen LogP contribution in [0, 0.1) is 0 Å². The zero-order valence-electron chi connectivity index (χ0n) is 9.87. The van der Waals surface area contributed by atoms with Crippen molar-refractivity contribution >= 4 is 11.9 Å². The molecule has 0 aliphatic carbocycles. The highest BCUT2D eigenvalue weighted by atomic mass is 15.4. The molecule has 92 valence electrons. The molecular formula is C10H17N7. The summed E-state index contributed by atoms with van der Waals surface area (Å²) in [6, 6.07) is 1.82. The number of nitrogens with zero attached hydrogens (tertiary/aromatic N) is 5.